The summed E-state index contributed by atoms with van der Waals surface area (Å²) < 4.78 is 5.65. The summed E-state index contributed by atoms with van der Waals surface area (Å²) in [6, 6.07) is 0. The normalized spacial score (nSPS) is 24.2. The standard InChI is InChI=1S/C16H18N4O2/c1-8-18-15(20-16(17)19-8)14-11-4-2-3-9-6-22-7-10(13(9)11)5-12(14)21/h3,10,21H,2,4-7H2,1H3,(H2,17,18,19,20). The number of hydrogen-bond acceptors (Lipinski definition) is 6. The summed E-state index contributed by atoms with van der Waals surface area (Å²) >= 11 is 0. The van der Waals surface area contributed by atoms with E-state index in [0.29, 0.717) is 37.0 Å². The molecule has 3 N–H and O–H groups in total. The van der Waals surface area contributed by atoms with Crippen molar-refractivity contribution in [3.63, 3.8) is 0 Å². The van der Waals surface area contributed by atoms with Crippen LogP contribution in [0.5, 0.6) is 0 Å². The van der Waals surface area contributed by atoms with Gasteiger partial charge in [0.15, 0.2) is 5.82 Å². The van der Waals surface area contributed by atoms with Crippen LogP contribution < -0.4 is 5.73 Å². The Labute approximate surface area is 128 Å². The molecule has 3 aliphatic rings. The van der Waals surface area contributed by atoms with Gasteiger partial charge in [0.1, 0.15) is 11.6 Å². The summed E-state index contributed by atoms with van der Waals surface area (Å²) in [6.45, 7) is 3.09. The van der Waals surface area contributed by atoms with Crippen LogP contribution in [0.4, 0.5) is 5.95 Å². The second-order valence-corrected chi connectivity index (χ2v) is 5.96. The minimum atomic E-state index is 0.189. The van der Waals surface area contributed by atoms with Crippen molar-refractivity contribution in [3.8, 4) is 0 Å². The van der Waals surface area contributed by atoms with Gasteiger partial charge in [-0.3, -0.25) is 0 Å². The van der Waals surface area contributed by atoms with E-state index >= 15 is 0 Å². The van der Waals surface area contributed by atoms with E-state index in [0.717, 1.165) is 24.0 Å². The van der Waals surface area contributed by atoms with Crippen LogP contribution in [0.3, 0.4) is 0 Å². The lowest BCUT2D eigenvalue weighted by Gasteiger charge is -2.37. The van der Waals surface area contributed by atoms with Crippen molar-refractivity contribution >= 4 is 11.5 Å². The van der Waals surface area contributed by atoms with Crippen LogP contribution in [0.1, 0.15) is 30.9 Å². The van der Waals surface area contributed by atoms with E-state index in [1.165, 1.54) is 11.1 Å². The molecule has 1 fully saturated rings. The third-order valence-corrected chi connectivity index (χ3v) is 4.46. The van der Waals surface area contributed by atoms with Crippen molar-refractivity contribution < 1.29 is 9.84 Å². The number of aliphatic hydroxyl groups excluding tert-OH is 1. The Kier molecular flexibility index (Phi) is 3.00. The fourth-order valence-electron chi connectivity index (χ4n) is 3.68. The monoisotopic (exact) mass is 298 g/mol. The summed E-state index contributed by atoms with van der Waals surface area (Å²) in [5, 5.41) is 10.6. The Hall–Kier alpha value is -2.21. The van der Waals surface area contributed by atoms with Crippen molar-refractivity contribution in [2.75, 3.05) is 18.9 Å². The lowest BCUT2D eigenvalue weighted by molar-refractivity contribution is 0.104. The van der Waals surface area contributed by atoms with Gasteiger partial charge in [0.25, 0.3) is 0 Å². The highest BCUT2D eigenvalue weighted by Crippen LogP contribution is 2.46. The van der Waals surface area contributed by atoms with Gasteiger partial charge < -0.3 is 15.6 Å². The molecule has 4 rings (SSSR count). The van der Waals surface area contributed by atoms with E-state index in [-0.39, 0.29) is 11.9 Å². The molecule has 1 saturated heterocycles. The molecule has 22 heavy (non-hydrogen) atoms. The third kappa shape index (κ3) is 2.02. The average molecular weight is 298 g/mol. The largest absolute Gasteiger partial charge is 0.512 e. The topological polar surface area (TPSA) is 94.2 Å². The van der Waals surface area contributed by atoms with Gasteiger partial charge in [-0.15, -0.1) is 0 Å². The third-order valence-electron chi connectivity index (χ3n) is 4.46. The maximum atomic E-state index is 10.6. The first-order chi connectivity index (χ1) is 10.6. The van der Waals surface area contributed by atoms with Gasteiger partial charge >= 0.3 is 0 Å². The lowest BCUT2D eigenvalue weighted by Crippen LogP contribution is -2.29. The second kappa shape index (κ2) is 4.91. The SMILES string of the molecule is Cc1nc(N)nc(C2=C(O)CC3COCC4=CCCC2=C43)n1. The predicted octanol–water partition coefficient (Wildman–Crippen LogP) is 2.10. The Balaban J connectivity index is 1.90. The molecule has 0 spiro atoms. The van der Waals surface area contributed by atoms with E-state index < -0.39 is 0 Å². The molecule has 0 bridgehead atoms. The summed E-state index contributed by atoms with van der Waals surface area (Å²) in [5.74, 6) is 1.80. The summed E-state index contributed by atoms with van der Waals surface area (Å²) in [7, 11) is 0. The Morgan fingerprint density at radius 3 is 3.00 bits per heavy atom. The fraction of sp³-hybridized carbons (Fsp3) is 0.438. The number of rotatable bonds is 1. The zero-order valence-corrected chi connectivity index (χ0v) is 12.5. The van der Waals surface area contributed by atoms with E-state index in [4.69, 9.17) is 10.5 Å². The van der Waals surface area contributed by atoms with E-state index in [2.05, 4.69) is 21.0 Å². The number of anilines is 1. The molecule has 0 amide bonds. The first kappa shape index (κ1) is 13.5. The molecule has 0 aromatic carbocycles. The average Bonchev–Trinajstić information content (AvgIpc) is 2.46. The number of nitrogen functional groups attached to an aromatic ring is 1. The number of nitrogens with two attached hydrogens (primary N) is 1. The van der Waals surface area contributed by atoms with Gasteiger partial charge in [0.05, 0.1) is 18.8 Å². The number of ether oxygens (including phenoxy) is 1. The molecule has 1 unspecified atom stereocenters. The Morgan fingerprint density at radius 2 is 2.18 bits per heavy atom. The van der Waals surface area contributed by atoms with Crippen LogP contribution >= 0.6 is 0 Å². The predicted molar refractivity (Wildman–Crippen MR) is 81.8 cm³/mol. The number of aryl methyl sites for hydroxylation is 1. The van der Waals surface area contributed by atoms with Crippen molar-refractivity contribution in [1.82, 2.24) is 15.0 Å². The fourth-order valence-corrected chi connectivity index (χ4v) is 3.68. The van der Waals surface area contributed by atoms with Crippen molar-refractivity contribution in [2.45, 2.75) is 26.2 Å². The van der Waals surface area contributed by atoms with Gasteiger partial charge in [0, 0.05) is 12.3 Å². The number of allylic oxidation sites excluding steroid dienone is 4. The molecule has 6 heteroatoms. The van der Waals surface area contributed by atoms with Crippen molar-refractivity contribution in [2.24, 2.45) is 5.92 Å². The smallest absolute Gasteiger partial charge is 0.223 e. The first-order valence-corrected chi connectivity index (χ1v) is 7.54. The first-order valence-electron chi connectivity index (χ1n) is 7.54. The molecule has 2 heterocycles. The van der Waals surface area contributed by atoms with Crippen LogP contribution in [0, 0.1) is 12.8 Å². The van der Waals surface area contributed by atoms with E-state index in [1.54, 1.807) is 6.92 Å². The molecule has 0 radical (unpaired) electrons. The highest BCUT2D eigenvalue weighted by Gasteiger charge is 2.36. The second-order valence-electron chi connectivity index (χ2n) is 5.96. The van der Waals surface area contributed by atoms with E-state index in [1.807, 2.05) is 0 Å². The molecule has 114 valence electrons. The summed E-state index contributed by atoms with van der Waals surface area (Å²) in [5.41, 5.74) is 10.2. The molecule has 1 aliphatic heterocycles. The van der Waals surface area contributed by atoms with Gasteiger partial charge in [-0.25, -0.2) is 4.98 Å². The maximum Gasteiger partial charge on any atom is 0.223 e. The maximum absolute atomic E-state index is 10.6. The van der Waals surface area contributed by atoms with E-state index in [9.17, 15) is 5.11 Å². The number of aliphatic hydroxyl groups is 1. The summed E-state index contributed by atoms with van der Waals surface area (Å²) in [6.07, 6.45) is 4.65. The van der Waals surface area contributed by atoms with Gasteiger partial charge in [-0.2, -0.15) is 9.97 Å². The molecule has 0 saturated carbocycles. The van der Waals surface area contributed by atoms with Crippen LogP contribution in [0.15, 0.2) is 28.6 Å². The quantitative estimate of drug-likeness (QED) is 0.824. The minimum Gasteiger partial charge on any atom is -0.512 e. The molecule has 6 nitrogen and oxygen atoms in total. The zero-order chi connectivity index (χ0) is 15.3. The van der Waals surface area contributed by atoms with Crippen LogP contribution in [0.25, 0.3) is 5.57 Å². The number of nitrogens with zero attached hydrogens (tertiary/aromatic N) is 3. The molecule has 2 aliphatic carbocycles. The highest BCUT2D eigenvalue weighted by molar-refractivity contribution is 5.81. The molecular formula is C16H18N4O2. The van der Waals surface area contributed by atoms with Crippen LogP contribution in [-0.4, -0.2) is 33.3 Å². The molecule has 1 aromatic rings. The lowest BCUT2D eigenvalue weighted by atomic mass is 9.73. The Bertz CT molecular complexity index is 728. The highest BCUT2D eigenvalue weighted by atomic mass is 16.5. The van der Waals surface area contributed by atoms with Gasteiger partial charge in [-0.05, 0) is 36.5 Å². The number of hydrogen-bond donors (Lipinski definition) is 2. The van der Waals surface area contributed by atoms with Gasteiger partial charge in [0.2, 0.25) is 5.95 Å². The number of aromatic nitrogens is 3. The minimum absolute atomic E-state index is 0.189. The molecule has 1 atom stereocenters. The van der Waals surface area contributed by atoms with Crippen LogP contribution in [0.2, 0.25) is 0 Å². The van der Waals surface area contributed by atoms with Crippen LogP contribution in [-0.2, 0) is 4.74 Å². The Morgan fingerprint density at radius 1 is 1.32 bits per heavy atom. The van der Waals surface area contributed by atoms with Crippen molar-refractivity contribution in [3.05, 3.63) is 40.2 Å². The summed E-state index contributed by atoms with van der Waals surface area (Å²) in [4.78, 5) is 12.7. The molecule has 1 aromatic heterocycles. The molecular weight excluding hydrogens is 280 g/mol. The zero-order valence-electron chi connectivity index (χ0n) is 12.5. The van der Waals surface area contributed by atoms with Gasteiger partial charge in [-0.1, -0.05) is 6.08 Å². The van der Waals surface area contributed by atoms with Crippen molar-refractivity contribution in [1.29, 1.82) is 0 Å².